The van der Waals surface area contributed by atoms with E-state index in [2.05, 4.69) is 44.2 Å². The molecule has 3 heteroatoms. The minimum absolute atomic E-state index is 0.373. The molecule has 1 heterocycles. The average molecular weight is 258 g/mol. The number of nitrogens with one attached hydrogen (secondary N) is 1. The van der Waals surface area contributed by atoms with Crippen molar-refractivity contribution in [2.45, 2.75) is 52.6 Å². The van der Waals surface area contributed by atoms with Gasteiger partial charge in [-0.3, -0.25) is 4.90 Å². The van der Waals surface area contributed by atoms with Gasteiger partial charge in [0.05, 0.1) is 0 Å². The molecule has 1 N–H and O–H groups in total. The van der Waals surface area contributed by atoms with Gasteiger partial charge in [-0.15, -0.1) is 0 Å². The lowest BCUT2D eigenvalue weighted by molar-refractivity contribution is 0.0927. The third-order valence-corrected chi connectivity index (χ3v) is 4.49. The van der Waals surface area contributed by atoms with Crippen molar-refractivity contribution in [2.75, 3.05) is 31.6 Å². The Kier molecular flexibility index (Phi) is 6.32. The zero-order valence-electron chi connectivity index (χ0n) is 12.3. The Morgan fingerprint density at radius 1 is 1.29 bits per heavy atom. The third-order valence-electron chi connectivity index (χ3n) is 3.79. The largest absolute Gasteiger partial charge is 0.311 e. The highest BCUT2D eigenvalue weighted by Crippen LogP contribution is 2.23. The number of hydrogen-bond donors (Lipinski definition) is 1. The van der Waals surface area contributed by atoms with Crippen LogP contribution in [0.4, 0.5) is 0 Å². The summed E-state index contributed by atoms with van der Waals surface area (Å²) in [5.74, 6) is 1.31. The predicted molar refractivity (Wildman–Crippen MR) is 79.9 cm³/mol. The van der Waals surface area contributed by atoms with Crippen molar-refractivity contribution < 1.29 is 0 Å². The number of rotatable bonds is 5. The van der Waals surface area contributed by atoms with Crippen molar-refractivity contribution >= 4 is 11.8 Å². The molecule has 0 aromatic rings. The molecule has 0 aromatic heterocycles. The molecular formula is C14H30N2S. The highest BCUT2D eigenvalue weighted by molar-refractivity contribution is 7.98. The summed E-state index contributed by atoms with van der Waals surface area (Å²) in [6.45, 7) is 13.0. The van der Waals surface area contributed by atoms with E-state index in [9.17, 15) is 0 Å². The van der Waals surface area contributed by atoms with Crippen molar-refractivity contribution in [1.82, 2.24) is 10.2 Å². The van der Waals surface area contributed by atoms with Crippen LogP contribution in [0.5, 0.6) is 0 Å². The maximum Gasteiger partial charge on any atom is 0.0244 e. The molecule has 1 aliphatic rings. The van der Waals surface area contributed by atoms with Crippen LogP contribution in [0.2, 0.25) is 0 Å². The van der Waals surface area contributed by atoms with Gasteiger partial charge in [-0.25, -0.2) is 0 Å². The van der Waals surface area contributed by atoms with Gasteiger partial charge in [0.25, 0.3) is 0 Å². The molecule has 1 fully saturated rings. The van der Waals surface area contributed by atoms with Crippen LogP contribution in [-0.2, 0) is 0 Å². The molecule has 1 saturated heterocycles. The van der Waals surface area contributed by atoms with Crippen LogP contribution in [0.25, 0.3) is 0 Å². The summed E-state index contributed by atoms with van der Waals surface area (Å²) in [5, 5.41) is 3.69. The highest BCUT2D eigenvalue weighted by Gasteiger charge is 2.31. The summed E-state index contributed by atoms with van der Waals surface area (Å²) in [5.41, 5.74) is 0.373. The number of nitrogens with zero attached hydrogens (tertiary/aromatic N) is 1. The Hall–Kier alpha value is 0.270. The molecular weight excluding hydrogens is 228 g/mol. The number of hydrogen-bond acceptors (Lipinski definition) is 3. The van der Waals surface area contributed by atoms with Crippen LogP contribution < -0.4 is 5.32 Å². The monoisotopic (exact) mass is 258 g/mol. The number of unbranched alkanes of at least 4 members (excludes halogenated alkanes) is 1. The van der Waals surface area contributed by atoms with Crippen molar-refractivity contribution in [3.8, 4) is 0 Å². The first-order valence-electron chi connectivity index (χ1n) is 6.91. The predicted octanol–water partition coefficient (Wildman–Crippen LogP) is 2.84. The molecule has 2 atom stereocenters. The lowest BCUT2D eigenvalue weighted by Crippen LogP contribution is -2.59. The van der Waals surface area contributed by atoms with E-state index in [1.807, 2.05) is 11.8 Å². The second-order valence-corrected chi connectivity index (χ2v) is 7.36. The first-order chi connectivity index (χ1) is 7.95. The van der Waals surface area contributed by atoms with E-state index < -0.39 is 0 Å². The van der Waals surface area contributed by atoms with Gasteiger partial charge in [0.1, 0.15) is 0 Å². The fourth-order valence-corrected chi connectivity index (χ4v) is 2.87. The normalized spacial score (nSPS) is 27.4. The quantitative estimate of drug-likeness (QED) is 0.764. The van der Waals surface area contributed by atoms with Gasteiger partial charge in [0.15, 0.2) is 0 Å². The van der Waals surface area contributed by atoms with Crippen molar-refractivity contribution in [3.63, 3.8) is 0 Å². The van der Waals surface area contributed by atoms with E-state index in [-0.39, 0.29) is 0 Å². The number of thioether (sulfide) groups is 1. The molecule has 1 aliphatic heterocycles. The minimum atomic E-state index is 0.373. The second-order valence-electron chi connectivity index (χ2n) is 6.37. The lowest BCUT2D eigenvalue weighted by atomic mass is 9.85. The first kappa shape index (κ1) is 15.3. The molecule has 1 rings (SSSR count). The molecule has 0 aliphatic carbocycles. The van der Waals surface area contributed by atoms with E-state index in [0.29, 0.717) is 17.5 Å². The van der Waals surface area contributed by atoms with Gasteiger partial charge in [0, 0.05) is 25.2 Å². The summed E-state index contributed by atoms with van der Waals surface area (Å²) in [6.07, 6.45) is 4.91. The van der Waals surface area contributed by atoms with E-state index in [0.717, 1.165) is 6.54 Å². The van der Waals surface area contributed by atoms with Crippen LogP contribution in [0.1, 0.15) is 40.5 Å². The minimum Gasteiger partial charge on any atom is -0.311 e. The lowest BCUT2D eigenvalue weighted by Gasteiger charge is -2.44. The average Bonchev–Trinajstić information content (AvgIpc) is 2.25. The Morgan fingerprint density at radius 3 is 2.59 bits per heavy atom. The Morgan fingerprint density at radius 2 is 2.00 bits per heavy atom. The van der Waals surface area contributed by atoms with Crippen molar-refractivity contribution in [1.29, 1.82) is 0 Å². The van der Waals surface area contributed by atoms with Gasteiger partial charge in [-0.05, 0) is 43.7 Å². The van der Waals surface area contributed by atoms with Crippen molar-refractivity contribution in [2.24, 2.45) is 5.41 Å². The van der Waals surface area contributed by atoms with Crippen LogP contribution in [0.3, 0.4) is 0 Å². The Balaban J connectivity index is 2.36. The van der Waals surface area contributed by atoms with Gasteiger partial charge < -0.3 is 5.32 Å². The Labute approximate surface area is 112 Å². The molecule has 0 radical (unpaired) electrons. The number of piperazine rings is 1. The first-order valence-corrected chi connectivity index (χ1v) is 8.31. The highest BCUT2D eigenvalue weighted by atomic mass is 32.2. The van der Waals surface area contributed by atoms with Gasteiger partial charge in [-0.2, -0.15) is 11.8 Å². The Bertz CT molecular complexity index is 213. The zero-order valence-corrected chi connectivity index (χ0v) is 13.1. The van der Waals surface area contributed by atoms with E-state index in [1.54, 1.807) is 0 Å². The summed E-state index contributed by atoms with van der Waals surface area (Å²) in [4.78, 5) is 2.67. The van der Waals surface area contributed by atoms with Crippen LogP contribution >= 0.6 is 11.8 Å². The topological polar surface area (TPSA) is 15.3 Å². The van der Waals surface area contributed by atoms with Gasteiger partial charge in [-0.1, -0.05) is 20.8 Å². The summed E-state index contributed by atoms with van der Waals surface area (Å²) < 4.78 is 0. The van der Waals surface area contributed by atoms with Crippen LogP contribution in [0.15, 0.2) is 0 Å². The molecule has 17 heavy (non-hydrogen) atoms. The van der Waals surface area contributed by atoms with Crippen LogP contribution in [-0.4, -0.2) is 48.6 Å². The fraction of sp³-hybridized carbons (Fsp3) is 1.00. The van der Waals surface area contributed by atoms with E-state index in [1.165, 1.54) is 31.7 Å². The van der Waals surface area contributed by atoms with Gasteiger partial charge in [0.2, 0.25) is 0 Å². The van der Waals surface area contributed by atoms with Crippen LogP contribution in [0, 0.1) is 5.41 Å². The summed E-state index contributed by atoms with van der Waals surface area (Å²) in [6, 6.07) is 1.34. The van der Waals surface area contributed by atoms with E-state index in [4.69, 9.17) is 0 Å². The molecule has 2 unspecified atom stereocenters. The molecule has 0 saturated carbocycles. The molecule has 0 spiro atoms. The SMILES string of the molecule is CSCCCCN1CC(C(C)(C)C)NCC1C. The van der Waals surface area contributed by atoms with Gasteiger partial charge >= 0.3 is 0 Å². The zero-order chi connectivity index (χ0) is 12.9. The standard InChI is InChI=1S/C14H30N2S/c1-12-10-15-13(14(2,3)4)11-16(12)8-6-7-9-17-5/h12-13,15H,6-11H2,1-5H3. The molecule has 102 valence electrons. The van der Waals surface area contributed by atoms with E-state index >= 15 is 0 Å². The molecule has 0 amide bonds. The van der Waals surface area contributed by atoms with Crippen molar-refractivity contribution in [3.05, 3.63) is 0 Å². The fourth-order valence-electron chi connectivity index (χ4n) is 2.37. The maximum atomic E-state index is 3.69. The second kappa shape index (κ2) is 7.01. The molecule has 0 bridgehead atoms. The maximum absolute atomic E-state index is 3.69. The smallest absolute Gasteiger partial charge is 0.0244 e. The summed E-state index contributed by atoms with van der Waals surface area (Å²) in [7, 11) is 0. The summed E-state index contributed by atoms with van der Waals surface area (Å²) >= 11 is 1.96. The third kappa shape index (κ3) is 5.19. The molecule has 2 nitrogen and oxygen atoms in total. The molecule has 0 aromatic carbocycles.